The molecule has 1 atom stereocenters. The Bertz CT molecular complexity index is 853. The molecule has 0 aromatic carbocycles. The standard InChI is InChI=1S/C15H19N3O5S/c1-7-8(2)24-13-11(7)12(20)17-9(18-13)4-5-10(19)16-6-15(3,23)14(21)22/h23H,4-6H2,1-3H3,(H,16,19)(H,21,22)(H,17,18,20). The number of carbonyl (C=O) groups excluding carboxylic acids is 1. The molecule has 130 valence electrons. The fourth-order valence-corrected chi connectivity index (χ4v) is 3.13. The van der Waals surface area contributed by atoms with Crippen LogP contribution in [0.25, 0.3) is 10.2 Å². The van der Waals surface area contributed by atoms with Crippen LogP contribution >= 0.6 is 11.3 Å². The quantitative estimate of drug-likeness (QED) is 0.597. The van der Waals surface area contributed by atoms with Crippen molar-refractivity contribution in [2.24, 2.45) is 0 Å². The van der Waals surface area contributed by atoms with Gasteiger partial charge in [0, 0.05) is 17.7 Å². The van der Waals surface area contributed by atoms with Crippen molar-refractivity contribution < 1.29 is 19.8 Å². The average molecular weight is 353 g/mol. The number of aromatic nitrogens is 2. The lowest BCUT2D eigenvalue weighted by Crippen LogP contribution is -2.46. The van der Waals surface area contributed by atoms with E-state index in [2.05, 4.69) is 15.3 Å². The molecular weight excluding hydrogens is 334 g/mol. The van der Waals surface area contributed by atoms with Crippen LogP contribution in [0.2, 0.25) is 0 Å². The summed E-state index contributed by atoms with van der Waals surface area (Å²) < 4.78 is 0. The SMILES string of the molecule is Cc1sc2nc(CCC(=O)NCC(C)(O)C(=O)O)[nH]c(=O)c2c1C. The predicted octanol–water partition coefficient (Wildman–Crippen LogP) is 0.486. The summed E-state index contributed by atoms with van der Waals surface area (Å²) in [6.07, 6.45) is 0.232. The van der Waals surface area contributed by atoms with Crippen molar-refractivity contribution in [3.8, 4) is 0 Å². The summed E-state index contributed by atoms with van der Waals surface area (Å²) in [4.78, 5) is 43.3. The fraction of sp³-hybridized carbons (Fsp3) is 0.467. The zero-order chi connectivity index (χ0) is 18.1. The fourth-order valence-electron chi connectivity index (χ4n) is 2.08. The Hall–Kier alpha value is -2.26. The van der Waals surface area contributed by atoms with Gasteiger partial charge in [0.2, 0.25) is 5.91 Å². The number of aryl methyl sites for hydroxylation is 3. The number of carboxylic acids is 1. The van der Waals surface area contributed by atoms with E-state index in [1.165, 1.54) is 11.3 Å². The number of thiophene rings is 1. The number of carboxylic acid groups (broad SMARTS) is 1. The van der Waals surface area contributed by atoms with E-state index in [1.54, 1.807) is 0 Å². The van der Waals surface area contributed by atoms with Gasteiger partial charge in [0.05, 0.1) is 11.9 Å². The second-order valence-electron chi connectivity index (χ2n) is 5.83. The van der Waals surface area contributed by atoms with E-state index in [4.69, 9.17) is 5.11 Å². The van der Waals surface area contributed by atoms with Crippen molar-refractivity contribution >= 4 is 33.4 Å². The molecule has 0 aliphatic heterocycles. The van der Waals surface area contributed by atoms with Gasteiger partial charge in [-0.3, -0.25) is 9.59 Å². The smallest absolute Gasteiger partial charge is 0.337 e. The number of rotatable bonds is 6. The molecule has 0 aliphatic rings. The van der Waals surface area contributed by atoms with Crippen LogP contribution in [0.15, 0.2) is 4.79 Å². The number of hydrogen-bond donors (Lipinski definition) is 4. The largest absolute Gasteiger partial charge is 0.479 e. The maximum absolute atomic E-state index is 12.1. The summed E-state index contributed by atoms with van der Waals surface area (Å²) in [6.45, 7) is 4.49. The Morgan fingerprint density at radius 1 is 1.38 bits per heavy atom. The molecule has 8 nitrogen and oxygen atoms in total. The van der Waals surface area contributed by atoms with Crippen LogP contribution < -0.4 is 10.9 Å². The number of H-pyrrole nitrogens is 1. The minimum absolute atomic E-state index is 0.0213. The lowest BCUT2D eigenvalue weighted by molar-refractivity contribution is -0.156. The van der Waals surface area contributed by atoms with Gasteiger partial charge in [-0.15, -0.1) is 11.3 Å². The number of amides is 1. The maximum atomic E-state index is 12.1. The van der Waals surface area contributed by atoms with Gasteiger partial charge in [0.25, 0.3) is 5.56 Å². The predicted molar refractivity (Wildman–Crippen MR) is 89.3 cm³/mol. The Balaban J connectivity index is 2.02. The number of nitrogens with one attached hydrogen (secondary N) is 2. The van der Waals surface area contributed by atoms with Crippen molar-refractivity contribution in [1.29, 1.82) is 0 Å². The molecule has 24 heavy (non-hydrogen) atoms. The summed E-state index contributed by atoms with van der Waals surface area (Å²) in [6, 6.07) is 0. The Morgan fingerprint density at radius 3 is 2.67 bits per heavy atom. The second-order valence-corrected chi connectivity index (χ2v) is 7.03. The van der Waals surface area contributed by atoms with E-state index < -0.39 is 24.0 Å². The minimum atomic E-state index is -2.02. The first-order valence-electron chi connectivity index (χ1n) is 7.33. The molecule has 0 bridgehead atoms. The summed E-state index contributed by atoms with van der Waals surface area (Å²) in [5.74, 6) is -1.45. The number of aromatic amines is 1. The van der Waals surface area contributed by atoms with Gasteiger partial charge in [-0.05, 0) is 26.3 Å². The highest BCUT2D eigenvalue weighted by Gasteiger charge is 2.30. The Morgan fingerprint density at radius 2 is 2.04 bits per heavy atom. The molecule has 0 spiro atoms. The molecule has 2 aromatic heterocycles. The lowest BCUT2D eigenvalue weighted by atomic mass is 10.1. The molecule has 0 radical (unpaired) electrons. The van der Waals surface area contributed by atoms with E-state index in [0.29, 0.717) is 16.0 Å². The van der Waals surface area contributed by atoms with Gasteiger partial charge in [0.1, 0.15) is 10.7 Å². The number of aliphatic carboxylic acids is 1. The van der Waals surface area contributed by atoms with E-state index >= 15 is 0 Å². The Labute approximate surface area is 141 Å². The van der Waals surface area contributed by atoms with Gasteiger partial charge >= 0.3 is 5.97 Å². The molecule has 0 saturated heterocycles. The van der Waals surface area contributed by atoms with Gasteiger partial charge < -0.3 is 20.5 Å². The van der Waals surface area contributed by atoms with Crippen molar-refractivity contribution in [1.82, 2.24) is 15.3 Å². The van der Waals surface area contributed by atoms with E-state index in [-0.39, 0.29) is 18.4 Å². The maximum Gasteiger partial charge on any atom is 0.337 e. The minimum Gasteiger partial charge on any atom is -0.479 e. The van der Waals surface area contributed by atoms with Crippen LogP contribution in [0.4, 0.5) is 0 Å². The first-order valence-corrected chi connectivity index (χ1v) is 8.15. The molecule has 1 unspecified atom stereocenters. The third-order valence-corrected chi connectivity index (χ3v) is 4.87. The number of aliphatic hydroxyl groups is 1. The third-order valence-electron chi connectivity index (χ3n) is 3.77. The third kappa shape index (κ3) is 3.80. The van der Waals surface area contributed by atoms with E-state index in [0.717, 1.165) is 17.4 Å². The highest BCUT2D eigenvalue weighted by atomic mass is 32.1. The number of carbonyl (C=O) groups is 2. The molecule has 0 fully saturated rings. The van der Waals surface area contributed by atoms with Crippen molar-refractivity contribution in [2.75, 3.05) is 6.54 Å². The first-order chi connectivity index (χ1) is 11.1. The van der Waals surface area contributed by atoms with Crippen LogP contribution in [0.1, 0.15) is 29.6 Å². The topological polar surface area (TPSA) is 132 Å². The average Bonchev–Trinajstić information content (AvgIpc) is 2.78. The molecule has 1 amide bonds. The normalized spacial score (nSPS) is 13.7. The van der Waals surface area contributed by atoms with Crippen molar-refractivity contribution in [3.63, 3.8) is 0 Å². The van der Waals surface area contributed by atoms with Gasteiger partial charge in [-0.25, -0.2) is 9.78 Å². The zero-order valence-electron chi connectivity index (χ0n) is 13.6. The summed E-state index contributed by atoms with van der Waals surface area (Å²) in [5, 5.41) is 21.2. The molecule has 0 saturated carbocycles. The monoisotopic (exact) mass is 353 g/mol. The second kappa shape index (κ2) is 6.70. The molecule has 9 heteroatoms. The summed E-state index contributed by atoms with van der Waals surface area (Å²) in [5.41, 5.74) is -1.34. The number of fused-ring (bicyclic) bond motifs is 1. The van der Waals surface area contributed by atoms with Gasteiger partial charge in [0.15, 0.2) is 5.60 Å². The van der Waals surface area contributed by atoms with Crippen molar-refractivity contribution in [2.45, 2.75) is 39.2 Å². The molecule has 2 rings (SSSR count). The molecule has 2 aromatic rings. The van der Waals surface area contributed by atoms with Crippen LogP contribution in [-0.4, -0.2) is 44.2 Å². The molecule has 4 N–H and O–H groups in total. The number of hydrogen-bond acceptors (Lipinski definition) is 6. The molecular formula is C15H19N3O5S. The number of nitrogens with zero attached hydrogens (tertiary/aromatic N) is 1. The lowest BCUT2D eigenvalue weighted by Gasteiger charge is -2.18. The first kappa shape index (κ1) is 18.1. The van der Waals surface area contributed by atoms with Crippen LogP contribution in [0.3, 0.4) is 0 Å². The molecule has 0 aliphatic carbocycles. The highest BCUT2D eigenvalue weighted by Crippen LogP contribution is 2.25. The van der Waals surface area contributed by atoms with Crippen LogP contribution in [0, 0.1) is 13.8 Å². The highest BCUT2D eigenvalue weighted by molar-refractivity contribution is 7.18. The molecule has 2 heterocycles. The van der Waals surface area contributed by atoms with Crippen LogP contribution in [0.5, 0.6) is 0 Å². The summed E-state index contributed by atoms with van der Waals surface area (Å²) in [7, 11) is 0. The van der Waals surface area contributed by atoms with E-state index in [9.17, 15) is 19.5 Å². The van der Waals surface area contributed by atoms with Crippen LogP contribution in [-0.2, 0) is 16.0 Å². The van der Waals surface area contributed by atoms with Gasteiger partial charge in [-0.2, -0.15) is 0 Å². The summed E-state index contributed by atoms with van der Waals surface area (Å²) >= 11 is 1.43. The van der Waals surface area contributed by atoms with E-state index in [1.807, 2.05) is 13.8 Å². The van der Waals surface area contributed by atoms with Gasteiger partial charge in [-0.1, -0.05) is 0 Å². The Kier molecular flexibility index (Phi) is 5.05. The van der Waals surface area contributed by atoms with Crippen molar-refractivity contribution in [3.05, 3.63) is 26.6 Å². The zero-order valence-corrected chi connectivity index (χ0v) is 14.4.